The Bertz CT molecular complexity index is 376. The van der Waals surface area contributed by atoms with Gasteiger partial charge in [0.1, 0.15) is 0 Å². The Morgan fingerprint density at radius 1 is 1.44 bits per heavy atom. The van der Waals surface area contributed by atoms with Crippen LogP contribution in [-0.4, -0.2) is 23.5 Å². The molecule has 2 rings (SSSR count). The zero-order valence-electron chi connectivity index (χ0n) is 9.30. The van der Waals surface area contributed by atoms with Gasteiger partial charge in [-0.15, -0.1) is 0 Å². The van der Waals surface area contributed by atoms with E-state index in [1.54, 1.807) is 0 Å². The van der Waals surface area contributed by atoms with E-state index >= 15 is 0 Å². The summed E-state index contributed by atoms with van der Waals surface area (Å²) in [6, 6.07) is 7.26. The summed E-state index contributed by atoms with van der Waals surface area (Å²) in [5.41, 5.74) is 1.36. The summed E-state index contributed by atoms with van der Waals surface area (Å²) >= 11 is 0. The standard InChI is InChI=1S/C10H14N2.C2N2/c1-12-7-3-5-10(12)9-4-2-6-11-8-9;3-1-2-4/h2,4,6,8,10H,3,5,7H2,1H3;. The first kappa shape index (κ1) is 12.2. The van der Waals surface area contributed by atoms with Crippen molar-refractivity contribution in [3.8, 4) is 12.1 Å². The summed E-state index contributed by atoms with van der Waals surface area (Å²) < 4.78 is 0. The monoisotopic (exact) mass is 214 g/mol. The number of aromatic nitrogens is 1. The van der Waals surface area contributed by atoms with Gasteiger partial charge in [0, 0.05) is 18.4 Å². The van der Waals surface area contributed by atoms with Crippen LogP contribution in [0.3, 0.4) is 0 Å². The highest BCUT2D eigenvalue weighted by Crippen LogP contribution is 2.29. The Morgan fingerprint density at radius 2 is 2.19 bits per heavy atom. The van der Waals surface area contributed by atoms with Gasteiger partial charge in [0.2, 0.25) is 0 Å². The quantitative estimate of drug-likeness (QED) is 0.716. The SMILES string of the molecule is CN1CCCC1c1cccnc1.N#CC#N. The molecular formula is C12H14N4. The number of nitrogens with zero attached hydrogens (tertiary/aromatic N) is 4. The van der Waals surface area contributed by atoms with Gasteiger partial charge in [-0.05, 0) is 38.1 Å². The molecule has 0 radical (unpaired) electrons. The number of rotatable bonds is 1. The topological polar surface area (TPSA) is 63.7 Å². The third-order valence-electron chi connectivity index (χ3n) is 2.64. The van der Waals surface area contributed by atoms with E-state index in [1.807, 2.05) is 18.5 Å². The summed E-state index contributed by atoms with van der Waals surface area (Å²) in [5, 5.41) is 14.5. The van der Waals surface area contributed by atoms with Crippen molar-refractivity contribution in [1.82, 2.24) is 9.88 Å². The number of pyridine rings is 1. The minimum absolute atomic E-state index is 0.610. The van der Waals surface area contributed by atoms with Crippen molar-refractivity contribution in [3.63, 3.8) is 0 Å². The molecule has 0 aromatic carbocycles. The highest BCUT2D eigenvalue weighted by atomic mass is 15.1. The zero-order chi connectivity index (χ0) is 11.8. The van der Waals surface area contributed by atoms with Crippen LogP contribution in [0.4, 0.5) is 0 Å². The molecule has 0 N–H and O–H groups in total. The van der Waals surface area contributed by atoms with Crippen molar-refractivity contribution in [2.45, 2.75) is 18.9 Å². The molecule has 1 aromatic heterocycles. The maximum atomic E-state index is 7.26. The Labute approximate surface area is 95.8 Å². The first-order valence-corrected chi connectivity index (χ1v) is 5.18. The predicted molar refractivity (Wildman–Crippen MR) is 60.1 cm³/mol. The molecule has 1 fully saturated rings. The lowest BCUT2D eigenvalue weighted by molar-refractivity contribution is 0.317. The smallest absolute Gasteiger partial charge is 0.181 e. The number of hydrogen-bond donors (Lipinski definition) is 0. The van der Waals surface area contributed by atoms with E-state index in [-0.39, 0.29) is 0 Å². The maximum absolute atomic E-state index is 7.26. The summed E-state index contributed by atoms with van der Waals surface area (Å²) in [5.74, 6) is 0. The van der Waals surface area contributed by atoms with Crippen LogP contribution in [-0.2, 0) is 0 Å². The van der Waals surface area contributed by atoms with Gasteiger partial charge in [-0.3, -0.25) is 9.88 Å². The van der Waals surface area contributed by atoms with Crippen molar-refractivity contribution in [1.29, 1.82) is 10.5 Å². The van der Waals surface area contributed by atoms with E-state index in [9.17, 15) is 0 Å². The van der Waals surface area contributed by atoms with E-state index in [1.165, 1.54) is 37.1 Å². The molecule has 16 heavy (non-hydrogen) atoms. The molecular weight excluding hydrogens is 200 g/mol. The number of hydrogen-bond acceptors (Lipinski definition) is 4. The first-order valence-electron chi connectivity index (χ1n) is 5.18. The van der Waals surface area contributed by atoms with Gasteiger partial charge < -0.3 is 0 Å². The fraction of sp³-hybridized carbons (Fsp3) is 0.417. The molecule has 1 aromatic rings. The molecule has 0 bridgehead atoms. The normalized spacial score (nSPS) is 19.1. The molecule has 1 saturated heterocycles. The predicted octanol–water partition coefficient (Wildman–Crippen LogP) is 1.88. The van der Waals surface area contributed by atoms with Crippen molar-refractivity contribution in [2.24, 2.45) is 0 Å². The number of likely N-dealkylation sites (tertiary alicyclic amines) is 1. The fourth-order valence-electron chi connectivity index (χ4n) is 1.90. The molecule has 1 aliphatic heterocycles. The van der Waals surface area contributed by atoms with E-state index in [0.717, 1.165) is 0 Å². The molecule has 0 aliphatic carbocycles. The van der Waals surface area contributed by atoms with Crippen LogP contribution in [0.2, 0.25) is 0 Å². The van der Waals surface area contributed by atoms with E-state index in [4.69, 9.17) is 10.5 Å². The lowest BCUT2D eigenvalue weighted by Crippen LogP contribution is -2.17. The molecule has 1 atom stereocenters. The second-order valence-corrected chi connectivity index (χ2v) is 3.65. The third kappa shape index (κ3) is 3.34. The van der Waals surface area contributed by atoms with Crippen LogP contribution in [0, 0.1) is 22.7 Å². The summed E-state index contributed by atoms with van der Waals surface area (Å²) in [6.45, 7) is 1.22. The molecule has 1 unspecified atom stereocenters. The number of nitriles is 2. The van der Waals surface area contributed by atoms with Gasteiger partial charge in [-0.2, -0.15) is 10.5 Å². The van der Waals surface area contributed by atoms with E-state index < -0.39 is 0 Å². The highest BCUT2D eigenvalue weighted by molar-refractivity contribution is 5.14. The maximum Gasteiger partial charge on any atom is 0.181 e. The van der Waals surface area contributed by atoms with Crippen LogP contribution in [0.1, 0.15) is 24.4 Å². The molecule has 4 nitrogen and oxygen atoms in total. The molecule has 2 heterocycles. The van der Waals surface area contributed by atoms with Gasteiger partial charge in [-0.1, -0.05) is 6.07 Å². The van der Waals surface area contributed by atoms with Crippen molar-refractivity contribution < 1.29 is 0 Å². The average molecular weight is 214 g/mol. The second-order valence-electron chi connectivity index (χ2n) is 3.65. The van der Waals surface area contributed by atoms with Crippen molar-refractivity contribution in [3.05, 3.63) is 30.1 Å². The van der Waals surface area contributed by atoms with Crippen LogP contribution in [0.15, 0.2) is 24.5 Å². The van der Waals surface area contributed by atoms with Gasteiger partial charge in [0.15, 0.2) is 12.1 Å². The van der Waals surface area contributed by atoms with Gasteiger partial charge in [0.25, 0.3) is 0 Å². The average Bonchev–Trinajstić information content (AvgIpc) is 2.77. The van der Waals surface area contributed by atoms with Crippen LogP contribution in [0.5, 0.6) is 0 Å². The lowest BCUT2D eigenvalue weighted by Gasteiger charge is -2.18. The summed E-state index contributed by atoms with van der Waals surface area (Å²) in [7, 11) is 2.19. The molecule has 4 heteroatoms. The summed E-state index contributed by atoms with van der Waals surface area (Å²) in [6.07, 6.45) is 6.41. The Kier molecular flexibility index (Phi) is 4.98. The zero-order valence-corrected chi connectivity index (χ0v) is 9.30. The summed E-state index contributed by atoms with van der Waals surface area (Å²) in [4.78, 5) is 6.54. The van der Waals surface area contributed by atoms with Crippen LogP contribution >= 0.6 is 0 Å². The largest absolute Gasteiger partial charge is 0.299 e. The third-order valence-corrected chi connectivity index (χ3v) is 2.64. The minimum atomic E-state index is 0.610. The van der Waals surface area contributed by atoms with Crippen LogP contribution < -0.4 is 0 Å². The van der Waals surface area contributed by atoms with Gasteiger partial charge >= 0.3 is 0 Å². The van der Waals surface area contributed by atoms with Gasteiger partial charge in [-0.25, -0.2) is 0 Å². The fourth-order valence-corrected chi connectivity index (χ4v) is 1.90. The highest BCUT2D eigenvalue weighted by Gasteiger charge is 2.21. The van der Waals surface area contributed by atoms with Crippen LogP contribution in [0.25, 0.3) is 0 Å². The Balaban J connectivity index is 0.000000280. The Morgan fingerprint density at radius 3 is 2.62 bits per heavy atom. The molecule has 0 spiro atoms. The lowest BCUT2D eigenvalue weighted by atomic mass is 10.1. The van der Waals surface area contributed by atoms with Gasteiger partial charge in [0.05, 0.1) is 0 Å². The minimum Gasteiger partial charge on any atom is -0.299 e. The Hall–Kier alpha value is -1.91. The molecule has 0 saturated carbocycles. The molecule has 82 valence electrons. The first-order chi connectivity index (χ1) is 7.79. The second kappa shape index (κ2) is 6.55. The molecule has 1 aliphatic rings. The van der Waals surface area contributed by atoms with Crippen molar-refractivity contribution >= 4 is 0 Å². The van der Waals surface area contributed by atoms with E-state index in [2.05, 4.69) is 23.0 Å². The van der Waals surface area contributed by atoms with Crippen molar-refractivity contribution in [2.75, 3.05) is 13.6 Å². The van der Waals surface area contributed by atoms with E-state index in [0.29, 0.717) is 6.04 Å². The molecule has 0 amide bonds.